The van der Waals surface area contributed by atoms with Crippen molar-refractivity contribution in [3.05, 3.63) is 46.0 Å². The van der Waals surface area contributed by atoms with Crippen molar-refractivity contribution in [3.8, 4) is 0 Å². The second-order valence-corrected chi connectivity index (χ2v) is 5.43. The zero-order valence-electron chi connectivity index (χ0n) is 10.6. The van der Waals surface area contributed by atoms with Crippen molar-refractivity contribution in [1.29, 1.82) is 0 Å². The highest BCUT2D eigenvalue weighted by Crippen LogP contribution is 2.20. The lowest BCUT2D eigenvalue weighted by Gasteiger charge is -2.05. The molecule has 0 aliphatic rings. The lowest BCUT2D eigenvalue weighted by molar-refractivity contribution is 0.961. The zero-order valence-corrected chi connectivity index (χ0v) is 11.4. The average Bonchev–Trinajstić information content (AvgIpc) is 2.78. The van der Waals surface area contributed by atoms with Crippen LogP contribution < -0.4 is 5.32 Å². The van der Waals surface area contributed by atoms with Crippen LogP contribution in [0.1, 0.15) is 21.6 Å². The molecule has 0 aliphatic heterocycles. The highest BCUT2D eigenvalue weighted by molar-refractivity contribution is 7.15. The van der Waals surface area contributed by atoms with Crippen LogP contribution in [-0.2, 0) is 12.8 Å². The van der Waals surface area contributed by atoms with E-state index >= 15 is 0 Å². The van der Waals surface area contributed by atoms with Gasteiger partial charge in [-0.3, -0.25) is 0 Å². The third-order valence-electron chi connectivity index (χ3n) is 2.91. The van der Waals surface area contributed by atoms with Crippen molar-refractivity contribution < 1.29 is 0 Å². The molecule has 1 heterocycles. The Balaban J connectivity index is 2.04. The summed E-state index contributed by atoms with van der Waals surface area (Å²) in [4.78, 5) is 5.64. The second-order valence-electron chi connectivity index (χ2n) is 4.31. The van der Waals surface area contributed by atoms with Crippen molar-refractivity contribution in [2.24, 2.45) is 0 Å². The van der Waals surface area contributed by atoms with Gasteiger partial charge in [0.25, 0.3) is 0 Å². The molecule has 3 heteroatoms. The normalized spacial score (nSPS) is 10.5. The number of thiazole rings is 1. The monoisotopic (exact) mass is 246 g/mol. The molecule has 17 heavy (non-hydrogen) atoms. The van der Waals surface area contributed by atoms with Crippen LogP contribution in [0.25, 0.3) is 0 Å². The second kappa shape index (κ2) is 5.32. The van der Waals surface area contributed by atoms with Crippen molar-refractivity contribution >= 4 is 16.5 Å². The molecule has 90 valence electrons. The summed E-state index contributed by atoms with van der Waals surface area (Å²) >= 11 is 1.74. The van der Waals surface area contributed by atoms with Gasteiger partial charge < -0.3 is 5.32 Å². The van der Waals surface area contributed by atoms with Crippen LogP contribution in [0.4, 0.5) is 5.13 Å². The molecule has 0 radical (unpaired) electrons. The maximum Gasteiger partial charge on any atom is 0.182 e. The van der Waals surface area contributed by atoms with Gasteiger partial charge in [0.1, 0.15) is 0 Å². The summed E-state index contributed by atoms with van der Waals surface area (Å²) in [5.41, 5.74) is 4.17. The van der Waals surface area contributed by atoms with E-state index in [2.05, 4.69) is 42.3 Å². The molecule has 0 atom stereocenters. The van der Waals surface area contributed by atoms with Crippen LogP contribution in [0.3, 0.4) is 0 Å². The van der Waals surface area contributed by atoms with Gasteiger partial charge in [-0.15, -0.1) is 11.3 Å². The lowest BCUT2D eigenvalue weighted by Crippen LogP contribution is -1.93. The van der Waals surface area contributed by atoms with Crippen LogP contribution in [0, 0.1) is 13.8 Å². The molecule has 1 N–H and O–H groups in total. The molecular formula is C14H18N2S. The van der Waals surface area contributed by atoms with Gasteiger partial charge in [0.05, 0.1) is 0 Å². The number of benzene rings is 1. The number of hydrogen-bond acceptors (Lipinski definition) is 3. The summed E-state index contributed by atoms with van der Waals surface area (Å²) in [5, 5.41) is 4.07. The van der Waals surface area contributed by atoms with E-state index in [1.165, 1.54) is 21.6 Å². The molecule has 1 aromatic carbocycles. The lowest BCUT2D eigenvalue weighted by atomic mass is 10.0. The van der Waals surface area contributed by atoms with E-state index in [-0.39, 0.29) is 0 Å². The van der Waals surface area contributed by atoms with Gasteiger partial charge in [-0.1, -0.05) is 23.8 Å². The number of nitrogens with zero attached hydrogens (tertiary/aromatic N) is 1. The fourth-order valence-corrected chi connectivity index (χ4v) is 2.63. The Morgan fingerprint density at radius 3 is 2.76 bits per heavy atom. The van der Waals surface area contributed by atoms with Gasteiger partial charge in [-0.25, -0.2) is 4.98 Å². The fraction of sp³-hybridized carbons (Fsp3) is 0.357. The van der Waals surface area contributed by atoms with Crippen molar-refractivity contribution in [2.45, 2.75) is 26.7 Å². The highest BCUT2D eigenvalue weighted by atomic mass is 32.1. The number of anilines is 1. The summed E-state index contributed by atoms with van der Waals surface area (Å²) in [7, 11) is 1.91. The average molecular weight is 246 g/mol. The first-order valence-electron chi connectivity index (χ1n) is 5.87. The minimum Gasteiger partial charge on any atom is -0.365 e. The molecule has 2 nitrogen and oxygen atoms in total. The van der Waals surface area contributed by atoms with Crippen LogP contribution in [-0.4, -0.2) is 12.0 Å². The predicted octanol–water partition coefficient (Wildman–Crippen LogP) is 3.59. The van der Waals surface area contributed by atoms with Crippen LogP contribution in [0.5, 0.6) is 0 Å². The quantitative estimate of drug-likeness (QED) is 0.891. The maximum atomic E-state index is 4.29. The van der Waals surface area contributed by atoms with E-state index in [1.54, 1.807) is 11.3 Å². The van der Waals surface area contributed by atoms with Crippen LogP contribution in [0.15, 0.2) is 24.4 Å². The fourth-order valence-electron chi connectivity index (χ4n) is 1.87. The van der Waals surface area contributed by atoms with E-state index < -0.39 is 0 Å². The van der Waals surface area contributed by atoms with Crippen LogP contribution in [0.2, 0.25) is 0 Å². The summed E-state index contributed by atoms with van der Waals surface area (Å²) in [6.07, 6.45) is 4.14. The summed E-state index contributed by atoms with van der Waals surface area (Å²) in [6, 6.07) is 6.66. The topological polar surface area (TPSA) is 24.9 Å². The Morgan fingerprint density at radius 2 is 2.06 bits per heavy atom. The van der Waals surface area contributed by atoms with Gasteiger partial charge in [0.2, 0.25) is 0 Å². The molecule has 0 fully saturated rings. The number of hydrogen-bond donors (Lipinski definition) is 1. The van der Waals surface area contributed by atoms with Gasteiger partial charge in [-0.05, 0) is 37.8 Å². The van der Waals surface area contributed by atoms with E-state index in [0.717, 1.165) is 18.0 Å². The summed E-state index contributed by atoms with van der Waals surface area (Å²) in [5.74, 6) is 0. The maximum absolute atomic E-state index is 4.29. The number of nitrogens with one attached hydrogen (secondary N) is 1. The van der Waals surface area contributed by atoms with Crippen molar-refractivity contribution in [2.75, 3.05) is 12.4 Å². The molecule has 1 aromatic heterocycles. The molecule has 0 saturated carbocycles. The SMILES string of the molecule is CNc1ncc(CCc2cc(C)ccc2C)s1. The third-order valence-corrected chi connectivity index (χ3v) is 3.99. The summed E-state index contributed by atoms with van der Waals surface area (Å²) < 4.78 is 0. The molecule has 2 aromatic rings. The Hall–Kier alpha value is -1.35. The van der Waals surface area contributed by atoms with Crippen molar-refractivity contribution in [1.82, 2.24) is 4.98 Å². The number of rotatable bonds is 4. The molecule has 0 saturated heterocycles. The molecule has 0 amide bonds. The third kappa shape index (κ3) is 3.07. The van der Waals surface area contributed by atoms with Gasteiger partial charge >= 0.3 is 0 Å². The summed E-state index contributed by atoms with van der Waals surface area (Å²) in [6.45, 7) is 4.33. The standard InChI is InChI=1S/C14H18N2S/c1-10-4-5-11(2)12(8-10)6-7-13-9-16-14(15-3)17-13/h4-5,8-9H,6-7H2,1-3H3,(H,15,16). The first-order valence-corrected chi connectivity index (χ1v) is 6.69. The van der Waals surface area contributed by atoms with Gasteiger partial charge in [-0.2, -0.15) is 0 Å². The number of aryl methyl sites for hydroxylation is 4. The van der Waals surface area contributed by atoms with Gasteiger partial charge in [0, 0.05) is 18.1 Å². The van der Waals surface area contributed by atoms with Gasteiger partial charge in [0.15, 0.2) is 5.13 Å². The van der Waals surface area contributed by atoms with Crippen LogP contribution >= 0.6 is 11.3 Å². The Bertz CT molecular complexity index is 503. The minimum absolute atomic E-state index is 1.00. The molecule has 0 aliphatic carbocycles. The minimum atomic E-state index is 1.00. The molecular weight excluding hydrogens is 228 g/mol. The smallest absolute Gasteiger partial charge is 0.182 e. The van der Waals surface area contributed by atoms with Crippen molar-refractivity contribution in [3.63, 3.8) is 0 Å². The molecule has 2 rings (SSSR count). The first kappa shape index (κ1) is 12.1. The van der Waals surface area contributed by atoms with E-state index in [4.69, 9.17) is 0 Å². The number of aromatic nitrogens is 1. The van der Waals surface area contributed by atoms with E-state index in [0.29, 0.717) is 0 Å². The molecule has 0 spiro atoms. The predicted molar refractivity (Wildman–Crippen MR) is 75.0 cm³/mol. The zero-order chi connectivity index (χ0) is 12.3. The van der Waals surface area contributed by atoms with E-state index in [1.807, 2.05) is 13.2 Å². The van der Waals surface area contributed by atoms with E-state index in [9.17, 15) is 0 Å². The first-order chi connectivity index (χ1) is 8.19. The highest BCUT2D eigenvalue weighted by Gasteiger charge is 2.03. The molecule has 0 bridgehead atoms. The Morgan fingerprint density at radius 1 is 1.24 bits per heavy atom. The molecule has 0 unspecified atom stereocenters. The largest absolute Gasteiger partial charge is 0.365 e. The Kier molecular flexibility index (Phi) is 3.79. The Labute approximate surface area is 107 Å².